The molecule has 1 aliphatic rings. The topological polar surface area (TPSA) is 74.6 Å². The van der Waals surface area contributed by atoms with Gasteiger partial charge in [0.2, 0.25) is 5.91 Å². The molecule has 1 aliphatic carbocycles. The van der Waals surface area contributed by atoms with E-state index in [-0.39, 0.29) is 5.91 Å². The van der Waals surface area contributed by atoms with Crippen LogP contribution in [0, 0.1) is 0 Å². The number of amides is 1. The molecule has 7 nitrogen and oxygen atoms in total. The van der Waals surface area contributed by atoms with Gasteiger partial charge in [-0.1, -0.05) is 32.4 Å². The smallest absolute Gasteiger partial charge is 0.248 e. The Bertz CT molecular complexity index is 1390. The van der Waals surface area contributed by atoms with Crippen LogP contribution in [0.2, 0.25) is 0 Å². The fourth-order valence-corrected chi connectivity index (χ4v) is 5.59. The van der Waals surface area contributed by atoms with Crippen LogP contribution < -0.4 is 10.1 Å². The highest BCUT2D eigenvalue weighted by Crippen LogP contribution is 2.32. The third-order valence-corrected chi connectivity index (χ3v) is 8.11. The maximum absolute atomic E-state index is 12.7. The number of rotatable bonds is 17. The van der Waals surface area contributed by atoms with Gasteiger partial charge in [0, 0.05) is 59.4 Å². The minimum Gasteiger partial charge on any atom is -0.500 e. The van der Waals surface area contributed by atoms with Gasteiger partial charge in [-0.25, -0.2) is 4.98 Å². The molecule has 1 aromatic heterocycles. The van der Waals surface area contributed by atoms with Gasteiger partial charge in [-0.3, -0.25) is 4.79 Å². The van der Waals surface area contributed by atoms with E-state index in [2.05, 4.69) is 46.9 Å². The molecule has 43 heavy (non-hydrogen) atoms. The van der Waals surface area contributed by atoms with Crippen molar-refractivity contribution in [3.8, 4) is 5.75 Å². The van der Waals surface area contributed by atoms with Crippen molar-refractivity contribution >= 4 is 28.9 Å². The van der Waals surface area contributed by atoms with E-state index in [0.717, 1.165) is 84.2 Å². The third kappa shape index (κ3) is 10.2. The average molecular weight is 602 g/mol. The van der Waals surface area contributed by atoms with Crippen molar-refractivity contribution in [1.29, 1.82) is 0 Å². The van der Waals surface area contributed by atoms with E-state index in [1.807, 2.05) is 55.0 Å². The molecule has 0 saturated carbocycles. The zero-order valence-electron chi connectivity index (χ0n) is 25.5. The average Bonchev–Trinajstić information content (AvgIpc) is 3.48. The molecule has 3 aromatic rings. The van der Waals surface area contributed by atoms with Crippen LogP contribution in [0.5, 0.6) is 5.75 Å². The number of thioether (sulfide) groups is 1. The minimum absolute atomic E-state index is 0.187. The first kappa shape index (κ1) is 32.2. The Morgan fingerprint density at radius 2 is 1.84 bits per heavy atom. The summed E-state index contributed by atoms with van der Waals surface area (Å²) < 4.78 is 19.2. The second kappa shape index (κ2) is 17.4. The van der Waals surface area contributed by atoms with Crippen molar-refractivity contribution in [3.63, 3.8) is 0 Å². The van der Waals surface area contributed by atoms with E-state index >= 15 is 0 Å². The Labute approximate surface area is 260 Å². The molecule has 228 valence electrons. The number of ether oxygens (including phenoxy) is 3. The van der Waals surface area contributed by atoms with Crippen molar-refractivity contribution < 1.29 is 19.0 Å². The number of carbonyl (C=O) groups is 1. The fourth-order valence-electron chi connectivity index (χ4n) is 4.71. The molecule has 0 fully saturated rings. The molecule has 0 bridgehead atoms. The predicted octanol–water partition coefficient (Wildman–Crippen LogP) is 8.05. The van der Waals surface area contributed by atoms with E-state index in [4.69, 9.17) is 14.2 Å². The van der Waals surface area contributed by atoms with E-state index in [1.165, 1.54) is 11.3 Å². The van der Waals surface area contributed by atoms with Crippen molar-refractivity contribution in [2.45, 2.75) is 63.1 Å². The molecule has 0 saturated heterocycles. The number of carbonyl (C=O) groups excluding carboxylic acids is 1. The number of unbranched alkanes of at least 4 members (excludes halogenated alkanes) is 1. The van der Waals surface area contributed by atoms with Crippen LogP contribution in [0.1, 0.15) is 57.2 Å². The molecule has 0 unspecified atom stereocenters. The lowest BCUT2D eigenvalue weighted by atomic mass is 9.92. The summed E-state index contributed by atoms with van der Waals surface area (Å²) in [5.41, 5.74) is 5.19. The quantitative estimate of drug-likeness (QED) is 0.0959. The maximum Gasteiger partial charge on any atom is 0.248 e. The van der Waals surface area contributed by atoms with Gasteiger partial charge in [0.1, 0.15) is 18.1 Å². The Kier molecular flexibility index (Phi) is 13.0. The largest absolute Gasteiger partial charge is 0.500 e. The number of hydrogen-bond donors (Lipinski definition) is 1. The summed E-state index contributed by atoms with van der Waals surface area (Å²) in [7, 11) is 1.68. The predicted molar refractivity (Wildman–Crippen MR) is 175 cm³/mol. The van der Waals surface area contributed by atoms with Gasteiger partial charge in [0.25, 0.3) is 0 Å². The van der Waals surface area contributed by atoms with E-state index < -0.39 is 0 Å². The Morgan fingerprint density at radius 3 is 2.58 bits per heavy atom. The highest BCUT2D eigenvalue weighted by atomic mass is 32.2. The second-order valence-corrected chi connectivity index (χ2v) is 11.4. The summed E-state index contributed by atoms with van der Waals surface area (Å²) >= 11 is 1.76. The summed E-state index contributed by atoms with van der Waals surface area (Å²) in [6, 6.07) is 16.1. The molecule has 0 radical (unpaired) electrons. The molecule has 4 rings (SSSR count). The SMILES string of the molecule is CCCCOCCOc1ccc(C2=CC(/C=C/C(=O)Nc3ccc(SCc4cncn4CCC)cc3)=C(OC)CC2)cc1. The zero-order chi connectivity index (χ0) is 30.3. The molecular formula is C35H43N3O4S. The molecule has 1 N–H and O–H groups in total. The Hall–Kier alpha value is -3.75. The van der Waals surface area contributed by atoms with Gasteiger partial charge in [-0.15, -0.1) is 11.8 Å². The Morgan fingerprint density at radius 1 is 1.02 bits per heavy atom. The normalized spacial score (nSPS) is 13.3. The first-order valence-corrected chi connectivity index (χ1v) is 16.1. The van der Waals surface area contributed by atoms with E-state index in [9.17, 15) is 4.79 Å². The summed E-state index contributed by atoms with van der Waals surface area (Å²) in [5, 5.41) is 2.96. The zero-order valence-corrected chi connectivity index (χ0v) is 26.3. The molecule has 0 aliphatic heterocycles. The first-order chi connectivity index (χ1) is 21.1. The van der Waals surface area contributed by atoms with Crippen molar-refractivity contribution in [1.82, 2.24) is 9.55 Å². The lowest BCUT2D eigenvalue weighted by Gasteiger charge is -2.18. The number of methoxy groups -OCH3 is 1. The molecule has 8 heteroatoms. The highest BCUT2D eigenvalue weighted by molar-refractivity contribution is 7.98. The highest BCUT2D eigenvalue weighted by Gasteiger charge is 2.14. The van der Waals surface area contributed by atoms with Crippen LogP contribution >= 0.6 is 11.8 Å². The van der Waals surface area contributed by atoms with Crippen LogP contribution in [0.15, 0.2) is 95.5 Å². The van der Waals surface area contributed by atoms with Crippen molar-refractivity contribution in [2.75, 3.05) is 32.2 Å². The molecule has 0 atom stereocenters. The van der Waals surface area contributed by atoms with Crippen LogP contribution in [-0.4, -0.2) is 42.4 Å². The minimum atomic E-state index is -0.187. The molecule has 0 spiro atoms. The molecule has 1 amide bonds. The number of nitrogens with zero attached hydrogens (tertiary/aromatic N) is 2. The van der Waals surface area contributed by atoms with Gasteiger partial charge in [0.15, 0.2) is 0 Å². The van der Waals surface area contributed by atoms with Gasteiger partial charge < -0.3 is 24.1 Å². The van der Waals surface area contributed by atoms with Crippen LogP contribution in [0.4, 0.5) is 5.69 Å². The summed E-state index contributed by atoms with van der Waals surface area (Å²) in [4.78, 5) is 18.2. The standard InChI is InChI=1S/C35H43N3O4S/c1-4-6-20-41-21-22-42-32-13-7-27(8-14-32)28-9-17-34(40-3)29(23-28)10-18-35(39)37-30-11-15-33(16-12-30)43-25-31-24-36-26-38(31)19-5-2/h7-8,10-16,18,23-24,26H,4-6,9,17,19-22,25H2,1-3H3,(H,37,39)/b18-10+. The number of hydrogen-bond acceptors (Lipinski definition) is 6. The lowest BCUT2D eigenvalue weighted by Crippen LogP contribution is -2.08. The van der Waals surface area contributed by atoms with Gasteiger partial charge >= 0.3 is 0 Å². The lowest BCUT2D eigenvalue weighted by molar-refractivity contribution is -0.111. The summed E-state index contributed by atoms with van der Waals surface area (Å²) in [6.45, 7) is 7.21. The molecular weight excluding hydrogens is 558 g/mol. The number of aryl methyl sites for hydroxylation is 1. The number of aromatic nitrogens is 2. The van der Waals surface area contributed by atoms with Crippen LogP contribution in [-0.2, 0) is 26.6 Å². The van der Waals surface area contributed by atoms with Crippen molar-refractivity contribution in [2.24, 2.45) is 0 Å². The second-order valence-electron chi connectivity index (χ2n) is 10.3. The summed E-state index contributed by atoms with van der Waals surface area (Å²) in [5.74, 6) is 2.37. The fraction of sp³-hybridized carbons (Fsp3) is 0.371. The maximum atomic E-state index is 12.7. The number of imidazole rings is 1. The van der Waals surface area contributed by atoms with Crippen LogP contribution in [0.25, 0.3) is 5.57 Å². The Balaban J connectivity index is 1.29. The summed E-state index contributed by atoms with van der Waals surface area (Å²) in [6.07, 6.45) is 14.2. The first-order valence-electron chi connectivity index (χ1n) is 15.1. The third-order valence-electron chi connectivity index (χ3n) is 7.07. The number of anilines is 1. The van der Waals surface area contributed by atoms with Gasteiger partial charge in [-0.2, -0.15) is 0 Å². The molecule has 2 aromatic carbocycles. The number of nitrogens with one attached hydrogen (secondary N) is 1. The van der Waals surface area contributed by atoms with Gasteiger partial charge in [-0.05, 0) is 78.9 Å². The van der Waals surface area contributed by atoms with Crippen LogP contribution in [0.3, 0.4) is 0 Å². The van der Waals surface area contributed by atoms with Crippen molar-refractivity contribution in [3.05, 3.63) is 102 Å². The van der Waals surface area contributed by atoms with E-state index in [1.54, 1.807) is 24.9 Å². The van der Waals surface area contributed by atoms with Gasteiger partial charge in [0.05, 0.1) is 20.0 Å². The van der Waals surface area contributed by atoms with E-state index in [0.29, 0.717) is 13.2 Å². The number of benzene rings is 2. The molecule has 1 heterocycles. The number of allylic oxidation sites excluding steroid dienone is 5. The monoisotopic (exact) mass is 601 g/mol.